The lowest BCUT2D eigenvalue weighted by atomic mass is 10.1. The minimum absolute atomic E-state index is 0.0969. The highest BCUT2D eigenvalue weighted by Gasteiger charge is 2.11. The van der Waals surface area contributed by atoms with Gasteiger partial charge in [0, 0.05) is 24.5 Å². The molecule has 0 radical (unpaired) electrons. The van der Waals surface area contributed by atoms with E-state index in [1.807, 2.05) is 0 Å². The zero-order chi connectivity index (χ0) is 16.1. The molecule has 0 heterocycles. The fraction of sp³-hybridized carbons (Fsp3) is 0.125. The van der Waals surface area contributed by atoms with Crippen LogP contribution in [0.4, 0.5) is 18.9 Å². The van der Waals surface area contributed by atoms with Crippen molar-refractivity contribution in [3.8, 4) is 0 Å². The van der Waals surface area contributed by atoms with E-state index in [4.69, 9.17) is 0 Å². The van der Waals surface area contributed by atoms with E-state index in [1.54, 1.807) is 0 Å². The number of halogens is 3. The number of anilines is 1. The third-order valence-corrected chi connectivity index (χ3v) is 2.95. The van der Waals surface area contributed by atoms with Crippen molar-refractivity contribution in [3.05, 3.63) is 65.5 Å². The maximum absolute atomic E-state index is 13.4. The molecule has 0 aliphatic rings. The number of nitrogens with one attached hydrogen (secondary N) is 1. The van der Waals surface area contributed by atoms with Crippen LogP contribution in [0.15, 0.2) is 42.5 Å². The highest BCUT2D eigenvalue weighted by molar-refractivity contribution is 5.99. The van der Waals surface area contributed by atoms with Crippen LogP contribution in [0.2, 0.25) is 0 Å². The molecule has 0 aliphatic heterocycles. The molecule has 0 aromatic heterocycles. The summed E-state index contributed by atoms with van der Waals surface area (Å²) in [5.74, 6) is -2.99. The normalized spacial score (nSPS) is 10.3. The summed E-state index contributed by atoms with van der Waals surface area (Å²) >= 11 is 0. The summed E-state index contributed by atoms with van der Waals surface area (Å²) in [5, 5.41) is 2.26. The van der Waals surface area contributed by atoms with Gasteiger partial charge in [0.05, 0.1) is 5.69 Å². The summed E-state index contributed by atoms with van der Waals surface area (Å²) in [6.07, 6.45) is -0.257. The number of rotatable bonds is 5. The molecule has 0 saturated carbocycles. The van der Waals surface area contributed by atoms with E-state index in [0.29, 0.717) is 11.6 Å². The molecule has 0 saturated heterocycles. The molecule has 2 aromatic carbocycles. The van der Waals surface area contributed by atoms with Crippen molar-refractivity contribution in [2.75, 3.05) is 5.32 Å². The van der Waals surface area contributed by atoms with Crippen LogP contribution in [0, 0.1) is 17.5 Å². The molecule has 0 aliphatic carbocycles. The van der Waals surface area contributed by atoms with Gasteiger partial charge in [-0.1, -0.05) is 0 Å². The number of benzene rings is 2. The maximum Gasteiger partial charge on any atom is 0.224 e. The molecule has 2 aromatic rings. The highest BCUT2D eigenvalue weighted by Crippen LogP contribution is 2.15. The molecule has 0 atom stereocenters. The molecule has 0 bridgehead atoms. The van der Waals surface area contributed by atoms with E-state index in [0.717, 1.165) is 24.3 Å². The Morgan fingerprint density at radius 1 is 0.864 bits per heavy atom. The van der Waals surface area contributed by atoms with Crippen molar-refractivity contribution in [1.29, 1.82) is 0 Å². The number of Topliss-reactive ketones (excluding diaryl/α,β-unsaturated/α-hetero) is 1. The third-order valence-electron chi connectivity index (χ3n) is 2.95. The van der Waals surface area contributed by atoms with Crippen molar-refractivity contribution >= 4 is 17.4 Å². The molecule has 1 amide bonds. The van der Waals surface area contributed by atoms with Gasteiger partial charge in [-0.3, -0.25) is 9.59 Å². The smallest absolute Gasteiger partial charge is 0.224 e. The zero-order valence-electron chi connectivity index (χ0n) is 11.4. The van der Waals surface area contributed by atoms with E-state index >= 15 is 0 Å². The average molecular weight is 307 g/mol. The summed E-state index contributed by atoms with van der Waals surface area (Å²) in [6, 6.07) is 7.73. The van der Waals surface area contributed by atoms with Gasteiger partial charge in [-0.25, -0.2) is 13.2 Å². The SMILES string of the molecule is O=C(CCC(=O)c1ccc(F)cc1)Nc1ccc(F)cc1F. The number of ketones is 1. The molecule has 0 fully saturated rings. The van der Waals surface area contributed by atoms with Crippen molar-refractivity contribution in [2.45, 2.75) is 12.8 Å². The largest absolute Gasteiger partial charge is 0.324 e. The van der Waals surface area contributed by atoms with Gasteiger partial charge in [-0.15, -0.1) is 0 Å². The van der Waals surface area contributed by atoms with Crippen LogP contribution < -0.4 is 5.32 Å². The molecule has 0 unspecified atom stereocenters. The molecule has 6 heteroatoms. The fourth-order valence-corrected chi connectivity index (χ4v) is 1.81. The number of amides is 1. The first kappa shape index (κ1) is 15.8. The number of carbonyl (C=O) groups excluding carboxylic acids is 2. The molecule has 1 N–H and O–H groups in total. The highest BCUT2D eigenvalue weighted by atomic mass is 19.1. The predicted octanol–water partition coefficient (Wildman–Crippen LogP) is 3.71. The molecular formula is C16H12F3NO2. The summed E-state index contributed by atoms with van der Waals surface area (Å²) in [4.78, 5) is 23.5. The Balaban J connectivity index is 1.89. The zero-order valence-corrected chi connectivity index (χ0v) is 11.4. The Hall–Kier alpha value is -2.63. The van der Waals surface area contributed by atoms with Crippen molar-refractivity contribution in [3.63, 3.8) is 0 Å². The molecule has 2 rings (SSSR count). The maximum atomic E-state index is 13.4. The Kier molecular flexibility index (Phi) is 4.93. The van der Waals surface area contributed by atoms with E-state index in [-0.39, 0.29) is 24.3 Å². The summed E-state index contributed by atoms with van der Waals surface area (Å²) in [7, 11) is 0. The second-order valence-corrected chi connectivity index (χ2v) is 4.60. The van der Waals surface area contributed by atoms with Gasteiger partial charge in [-0.05, 0) is 36.4 Å². The molecule has 0 spiro atoms. The Morgan fingerprint density at radius 2 is 1.50 bits per heavy atom. The van der Waals surface area contributed by atoms with Crippen LogP contribution in [0.5, 0.6) is 0 Å². The van der Waals surface area contributed by atoms with Crippen LogP contribution in [0.1, 0.15) is 23.2 Å². The fourth-order valence-electron chi connectivity index (χ4n) is 1.81. The Bertz CT molecular complexity index is 699. The lowest BCUT2D eigenvalue weighted by Crippen LogP contribution is -2.14. The number of hydrogen-bond acceptors (Lipinski definition) is 2. The van der Waals surface area contributed by atoms with Gasteiger partial charge in [0.2, 0.25) is 5.91 Å². The molecule has 3 nitrogen and oxygen atoms in total. The van der Waals surface area contributed by atoms with Gasteiger partial charge in [0.15, 0.2) is 5.78 Å². The van der Waals surface area contributed by atoms with E-state index in [2.05, 4.69) is 5.32 Å². The van der Waals surface area contributed by atoms with Crippen LogP contribution in [-0.2, 0) is 4.79 Å². The first-order chi connectivity index (χ1) is 10.5. The minimum atomic E-state index is -0.891. The quantitative estimate of drug-likeness (QED) is 0.856. The van der Waals surface area contributed by atoms with Gasteiger partial charge in [-0.2, -0.15) is 0 Å². The topological polar surface area (TPSA) is 46.2 Å². The first-order valence-corrected chi connectivity index (χ1v) is 6.49. The van der Waals surface area contributed by atoms with Crippen LogP contribution in [-0.4, -0.2) is 11.7 Å². The van der Waals surface area contributed by atoms with Gasteiger partial charge >= 0.3 is 0 Å². The minimum Gasteiger partial charge on any atom is -0.324 e. The number of carbonyl (C=O) groups is 2. The lowest BCUT2D eigenvalue weighted by molar-refractivity contribution is -0.116. The summed E-state index contributed by atoms with van der Waals surface area (Å²) in [5.41, 5.74) is 0.141. The molecular weight excluding hydrogens is 295 g/mol. The van der Waals surface area contributed by atoms with Crippen LogP contribution in [0.3, 0.4) is 0 Å². The standard InChI is InChI=1S/C16H12F3NO2/c17-11-3-1-10(2-4-11)15(21)7-8-16(22)20-14-6-5-12(18)9-13(14)19/h1-6,9H,7-8H2,(H,20,22). The van der Waals surface area contributed by atoms with E-state index in [9.17, 15) is 22.8 Å². The first-order valence-electron chi connectivity index (χ1n) is 6.49. The summed E-state index contributed by atoms with van der Waals surface area (Å²) in [6.45, 7) is 0. The van der Waals surface area contributed by atoms with Gasteiger partial charge in [0.25, 0.3) is 0 Å². The monoisotopic (exact) mass is 307 g/mol. The average Bonchev–Trinajstić information content (AvgIpc) is 2.48. The van der Waals surface area contributed by atoms with E-state index < -0.39 is 23.4 Å². The third kappa shape index (κ3) is 4.18. The second kappa shape index (κ2) is 6.89. The Labute approximate surface area is 124 Å². The predicted molar refractivity (Wildman–Crippen MR) is 75.0 cm³/mol. The second-order valence-electron chi connectivity index (χ2n) is 4.60. The Morgan fingerprint density at radius 3 is 2.14 bits per heavy atom. The van der Waals surface area contributed by atoms with Gasteiger partial charge in [0.1, 0.15) is 17.5 Å². The summed E-state index contributed by atoms with van der Waals surface area (Å²) < 4.78 is 38.8. The van der Waals surface area contributed by atoms with Crippen molar-refractivity contribution in [1.82, 2.24) is 0 Å². The van der Waals surface area contributed by atoms with Gasteiger partial charge < -0.3 is 5.32 Å². The van der Waals surface area contributed by atoms with Crippen molar-refractivity contribution in [2.24, 2.45) is 0 Å². The van der Waals surface area contributed by atoms with Crippen LogP contribution in [0.25, 0.3) is 0 Å². The lowest BCUT2D eigenvalue weighted by Gasteiger charge is -2.06. The molecule has 114 valence electrons. The number of hydrogen-bond donors (Lipinski definition) is 1. The van der Waals surface area contributed by atoms with Crippen molar-refractivity contribution < 1.29 is 22.8 Å². The van der Waals surface area contributed by atoms with E-state index in [1.165, 1.54) is 12.1 Å². The molecule has 22 heavy (non-hydrogen) atoms. The van der Waals surface area contributed by atoms with Crippen LogP contribution >= 0.6 is 0 Å².